The SMILES string of the molecule is CC(C)NC(=O)Cn1cc(Nc2nccc(N=C[C@H]3CCCN3CCS(C)(=O)=O)n2)cn1. The van der Waals surface area contributed by atoms with Gasteiger partial charge in [0.15, 0.2) is 5.82 Å². The molecule has 0 aromatic carbocycles. The summed E-state index contributed by atoms with van der Waals surface area (Å²) < 4.78 is 24.4. The molecule has 0 bridgehead atoms. The van der Waals surface area contributed by atoms with E-state index in [-0.39, 0.29) is 30.3 Å². The summed E-state index contributed by atoms with van der Waals surface area (Å²) in [5.74, 6) is 0.901. The first kappa shape index (κ1) is 23.8. The van der Waals surface area contributed by atoms with Crippen molar-refractivity contribution in [3.05, 3.63) is 24.7 Å². The lowest BCUT2D eigenvalue weighted by molar-refractivity contribution is -0.122. The Kier molecular flexibility index (Phi) is 7.91. The summed E-state index contributed by atoms with van der Waals surface area (Å²) >= 11 is 0. The summed E-state index contributed by atoms with van der Waals surface area (Å²) in [6, 6.07) is 1.87. The van der Waals surface area contributed by atoms with Gasteiger partial charge in [0.1, 0.15) is 16.4 Å². The third kappa shape index (κ3) is 7.68. The fourth-order valence-corrected chi connectivity index (χ4v) is 3.95. The van der Waals surface area contributed by atoms with Crippen LogP contribution >= 0.6 is 0 Å². The van der Waals surface area contributed by atoms with Crippen molar-refractivity contribution in [2.24, 2.45) is 4.99 Å². The number of aromatic nitrogens is 4. The molecule has 0 radical (unpaired) electrons. The molecule has 0 aliphatic carbocycles. The van der Waals surface area contributed by atoms with E-state index in [0.717, 1.165) is 19.4 Å². The average molecular weight is 463 g/mol. The van der Waals surface area contributed by atoms with Crippen LogP contribution in [0, 0.1) is 0 Å². The number of carbonyl (C=O) groups is 1. The molecule has 174 valence electrons. The molecular formula is C20H30N8O3S. The largest absolute Gasteiger partial charge is 0.352 e. The molecule has 2 aromatic rings. The number of hydrogen-bond donors (Lipinski definition) is 2. The lowest BCUT2D eigenvalue weighted by atomic mass is 10.2. The number of nitrogens with one attached hydrogen (secondary N) is 2. The molecule has 1 amide bonds. The molecule has 1 aliphatic rings. The van der Waals surface area contributed by atoms with Gasteiger partial charge in [0.25, 0.3) is 0 Å². The Bertz CT molecular complexity index is 1050. The molecule has 12 heteroatoms. The van der Waals surface area contributed by atoms with Crippen LogP contribution in [-0.4, -0.2) is 82.4 Å². The molecular weight excluding hydrogens is 432 g/mol. The van der Waals surface area contributed by atoms with Crippen molar-refractivity contribution in [1.82, 2.24) is 30.0 Å². The maximum Gasteiger partial charge on any atom is 0.241 e. The zero-order valence-corrected chi connectivity index (χ0v) is 19.4. The quantitative estimate of drug-likeness (QED) is 0.502. The molecule has 32 heavy (non-hydrogen) atoms. The zero-order chi connectivity index (χ0) is 23.1. The summed E-state index contributed by atoms with van der Waals surface area (Å²) in [5.41, 5.74) is 0.659. The fourth-order valence-electron chi connectivity index (χ4n) is 3.38. The van der Waals surface area contributed by atoms with Gasteiger partial charge < -0.3 is 10.6 Å². The Hall–Kier alpha value is -2.86. The van der Waals surface area contributed by atoms with Crippen LogP contribution < -0.4 is 10.6 Å². The number of carbonyl (C=O) groups excluding carboxylic acids is 1. The molecule has 0 saturated carbocycles. The Morgan fingerprint density at radius 1 is 1.41 bits per heavy atom. The molecule has 2 N–H and O–H groups in total. The minimum Gasteiger partial charge on any atom is -0.352 e. The Balaban J connectivity index is 1.58. The topological polar surface area (TPSA) is 134 Å². The van der Waals surface area contributed by atoms with Crippen LogP contribution in [-0.2, 0) is 21.2 Å². The third-order valence-corrected chi connectivity index (χ3v) is 5.75. The van der Waals surface area contributed by atoms with Gasteiger partial charge in [-0.25, -0.2) is 18.4 Å². The summed E-state index contributed by atoms with van der Waals surface area (Å²) in [7, 11) is -2.99. The number of sulfone groups is 1. The van der Waals surface area contributed by atoms with E-state index in [9.17, 15) is 13.2 Å². The van der Waals surface area contributed by atoms with E-state index in [2.05, 4.69) is 35.6 Å². The highest BCUT2D eigenvalue weighted by atomic mass is 32.2. The van der Waals surface area contributed by atoms with Gasteiger partial charge in [0, 0.05) is 49.6 Å². The maximum atomic E-state index is 11.9. The van der Waals surface area contributed by atoms with Gasteiger partial charge in [0.2, 0.25) is 11.9 Å². The highest BCUT2D eigenvalue weighted by Gasteiger charge is 2.23. The first-order valence-corrected chi connectivity index (χ1v) is 12.6. The molecule has 1 fully saturated rings. The monoisotopic (exact) mass is 462 g/mol. The van der Waals surface area contributed by atoms with E-state index in [0.29, 0.717) is 24.0 Å². The molecule has 1 saturated heterocycles. The van der Waals surface area contributed by atoms with Gasteiger partial charge in [-0.15, -0.1) is 0 Å². The van der Waals surface area contributed by atoms with Crippen LogP contribution in [0.5, 0.6) is 0 Å². The highest BCUT2D eigenvalue weighted by Crippen LogP contribution is 2.18. The first-order chi connectivity index (χ1) is 15.2. The minimum atomic E-state index is -2.99. The van der Waals surface area contributed by atoms with E-state index < -0.39 is 9.84 Å². The molecule has 1 aliphatic heterocycles. The second-order valence-corrected chi connectivity index (χ2v) is 10.4. The Morgan fingerprint density at radius 3 is 2.97 bits per heavy atom. The molecule has 11 nitrogen and oxygen atoms in total. The molecule has 3 rings (SSSR count). The second kappa shape index (κ2) is 10.6. The number of nitrogens with zero attached hydrogens (tertiary/aromatic N) is 6. The average Bonchev–Trinajstić information content (AvgIpc) is 3.33. The lowest BCUT2D eigenvalue weighted by Crippen LogP contribution is -2.34. The van der Waals surface area contributed by atoms with Gasteiger partial charge in [-0.2, -0.15) is 10.1 Å². The van der Waals surface area contributed by atoms with Gasteiger partial charge in [0.05, 0.1) is 17.6 Å². The van der Waals surface area contributed by atoms with Gasteiger partial charge in [-0.1, -0.05) is 0 Å². The van der Waals surface area contributed by atoms with Gasteiger partial charge in [-0.3, -0.25) is 14.4 Å². The van der Waals surface area contributed by atoms with Gasteiger partial charge in [-0.05, 0) is 33.2 Å². The highest BCUT2D eigenvalue weighted by molar-refractivity contribution is 7.90. The fraction of sp³-hybridized carbons (Fsp3) is 0.550. The van der Waals surface area contributed by atoms with E-state index in [1.807, 2.05) is 20.1 Å². The number of hydrogen-bond acceptors (Lipinski definition) is 9. The third-order valence-electron chi connectivity index (χ3n) is 4.83. The summed E-state index contributed by atoms with van der Waals surface area (Å²) in [5, 5.41) is 10.1. The zero-order valence-electron chi connectivity index (χ0n) is 18.6. The molecule has 2 aromatic heterocycles. The predicted molar refractivity (Wildman–Crippen MR) is 123 cm³/mol. The number of anilines is 2. The number of likely N-dealkylation sites (tertiary alicyclic amines) is 1. The molecule has 3 heterocycles. The van der Waals surface area contributed by atoms with E-state index in [1.54, 1.807) is 24.7 Å². The van der Waals surface area contributed by atoms with Crippen LogP contribution in [0.1, 0.15) is 26.7 Å². The minimum absolute atomic E-state index is 0.0725. The van der Waals surface area contributed by atoms with Crippen LogP contribution in [0.2, 0.25) is 0 Å². The smallest absolute Gasteiger partial charge is 0.241 e. The van der Waals surface area contributed by atoms with Crippen molar-refractivity contribution in [2.75, 3.05) is 30.4 Å². The number of amides is 1. The van der Waals surface area contributed by atoms with Crippen molar-refractivity contribution < 1.29 is 13.2 Å². The van der Waals surface area contributed by atoms with Gasteiger partial charge >= 0.3 is 0 Å². The van der Waals surface area contributed by atoms with E-state index in [4.69, 9.17) is 0 Å². The van der Waals surface area contributed by atoms with Crippen molar-refractivity contribution in [2.45, 2.75) is 45.3 Å². The first-order valence-electron chi connectivity index (χ1n) is 10.6. The van der Waals surface area contributed by atoms with E-state index >= 15 is 0 Å². The normalized spacial score (nSPS) is 17.3. The molecule has 0 spiro atoms. The van der Waals surface area contributed by atoms with Crippen molar-refractivity contribution in [3.8, 4) is 0 Å². The number of rotatable bonds is 10. The Labute approximate surface area is 188 Å². The molecule has 1 atom stereocenters. The van der Waals surface area contributed by atoms with Crippen molar-refractivity contribution >= 4 is 39.4 Å². The maximum absolute atomic E-state index is 11.9. The van der Waals surface area contributed by atoms with Crippen LogP contribution in [0.4, 0.5) is 17.5 Å². The van der Waals surface area contributed by atoms with Crippen LogP contribution in [0.25, 0.3) is 0 Å². The van der Waals surface area contributed by atoms with E-state index in [1.165, 1.54) is 10.9 Å². The molecule has 0 unspecified atom stereocenters. The Morgan fingerprint density at radius 2 is 2.22 bits per heavy atom. The lowest BCUT2D eigenvalue weighted by Gasteiger charge is -2.20. The summed E-state index contributed by atoms with van der Waals surface area (Å²) in [6.45, 7) is 5.30. The standard InChI is InChI=1S/C20H30N8O3S/c1-15(2)24-19(29)14-28-13-16(11-23-28)25-20-21-7-6-18(26-20)22-12-17-5-4-8-27(17)9-10-32(3,30)31/h6-7,11-13,15,17H,4-5,8-10,14H2,1-3H3,(H,24,29)(H,21,25,26)/t17-/m1/s1. The number of aliphatic imine (C=N–C) groups is 1. The van der Waals surface area contributed by atoms with Crippen LogP contribution in [0.15, 0.2) is 29.6 Å². The second-order valence-electron chi connectivity index (χ2n) is 8.17. The summed E-state index contributed by atoms with van der Waals surface area (Å²) in [6.07, 6.45) is 9.94. The predicted octanol–water partition coefficient (Wildman–Crippen LogP) is 1.15. The van der Waals surface area contributed by atoms with Crippen molar-refractivity contribution in [1.29, 1.82) is 0 Å². The van der Waals surface area contributed by atoms with Crippen molar-refractivity contribution in [3.63, 3.8) is 0 Å². The summed E-state index contributed by atoms with van der Waals surface area (Å²) in [4.78, 5) is 27.1. The van der Waals surface area contributed by atoms with Crippen LogP contribution in [0.3, 0.4) is 0 Å².